The predicted molar refractivity (Wildman–Crippen MR) is 103 cm³/mol. The third-order valence-electron chi connectivity index (χ3n) is 4.08. The van der Waals surface area contributed by atoms with Crippen molar-refractivity contribution < 1.29 is 4.79 Å². The van der Waals surface area contributed by atoms with Gasteiger partial charge in [-0.2, -0.15) is 0 Å². The van der Waals surface area contributed by atoms with E-state index in [1.165, 1.54) is 16.3 Å². The topological polar surface area (TPSA) is 64.0 Å². The molecular weight excluding hydrogens is 346 g/mol. The van der Waals surface area contributed by atoms with Crippen LogP contribution in [0.5, 0.6) is 0 Å². The number of hydrogen-bond donors (Lipinski definition) is 1. The maximum absolute atomic E-state index is 12.5. The molecule has 5 nitrogen and oxygen atoms in total. The van der Waals surface area contributed by atoms with Crippen LogP contribution in [0, 0.1) is 0 Å². The van der Waals surface area contributed by atoms with E-state index in [0.29, 0.717) is 0 Å². The van der Waals surface area contributed by atoms with Crippen molar-refractivity contribution in [2.75, 3.05) is 0 Å². The van der Waals surface area contributed by atoms with Crippen LogP contribution in [0.2, 0.25) is 0 Å². The summed E-state index contributed by atoms with van der Waals surface area (Å²) in [6.45, 7) is 2.10. The molecule has 1 atom stereocenters. The Morgan fingerprint density at radius 3 is 2.69 bits per heavy atom. The third-order valence-corrected chi connectivity index (χ3v) is 5.02. The van der Waals surface area contributed by atoms with Crippen molar-refractivity contribution in [2.45, 2.75) is 32.4 Å². The van der Waals surface area contributed by atoms with Crippen molar-refractivity contribution in [1.29, 1.82) is 0 Å². The molecule has 0 aliphatic rings. The first-order chi connectivity index (χ1) is 12.7. The zero-order valence-corrected chi connectivity index (χ0v) is 15.4. The Morgan fingerprint density at radius 1 is 1.23 bits per heavy atom. The van der Waals surface area contributed by atoms with E-state index in [0.717, 1.165) is 23.3 Å². The van der Waals surface area contributed by atoms with Crippen molar-refractivity contribution >= 4 is 17.2 Å². The summed E-state index contributed by atoms with van der Waals surface area (Å²) in [7, 11) is 0. The maximum atomic E-state index is 12.5. The van der Waals surface area contributed by atoms with Gasteiger partial charge in [-0.3, -0.25) is 9.36 Å². The fraction of sp³-hybridized carbons (Fsp3) is 0.250. The van der Waals surface area contributed by atoms with Gasteiger partial charge in [0.05, 0.1) is 6.04 Å². The average Bonchev–Trinajstić information content (AvgIpc) is 3.17. The van der Waals surface area contributed by atoms with Gasteiger partial charge in [0.2, 0.25) is 5.91 Å². The van der Waals surface area contributed by atoms with Gasteiger partial charge in [0, 0.05) is 17.3 Å². The lowest BCUT2D eigenvalue weighted by Gasteiger charge is -2.19. The molecule has 0 saturated carbocycles. The summed E-state index contributed by atoms with van der Waals surface area (Å²) in [5.74, 6) is -0.226. The first kappa shape index (κ1) is 18.1. The Hall–Kier alpha value is -2.73. The zero-order chi connectivity index (χ0) is 18.4. The van der Waals surface area contributed by atoms with Crippen LogP contribution < -0.4 is 11.0 Å². The quantitative estimate of drug-likeness (QED) is 0.698. The number of carbonyl (C=O) groups is 1. The second kappa shape index (κ2) is 8.58. The van der Waals surface area contributed by atoms with Crippen LogP contribution in [0.4, 0.5) is 0 Å². The van der Waals surface area contributed by atoms with Gasteiger partial charge in [-0.1, -0.05) is 43.7 Å². The van der Waals surface area contributed by atoms with Gasteiger partial charge in [-0.15, -0.1) is 11.3 Å². The summed E-state index contributed by atoms with van der Waals surface area (Å²) < 4.78 is 1.30. The smallest absolute Gasteiger partial charge is 0.343 e. The van der Waals surface area contributed by atoms with Crippen molar-refractivity contribution in [3.63, 3.8) is 0 Å². The fourth-order valence-electron chi connectivity index (χ4n) is 2.81. The molecule has 3 aromatic rings. The number of amides is 1. The minimum atomic E-state index is -0.431. The lowest BCUT2D eigenvalue weighted by molar-refractivity contribution is -0.122. The molecular formula is C20H21N3O2S. The molecule has 0 saturated heterocycles. The molecule has 26 heavy (non-hydrogen) atoms. The van der Waals surface area contributed by atoms with E-state index in [4.69, 9.17) is 0 Å². The van der Waals surface area contributed by atoms with Crippen LogP contribution in [-0.2, 0) is 17.8 Å². The van der Waals surface area contributed by atoms with E-state index in [-0.39, 0.29) is 18.5 Å². The van der Waals surface area contributed by atoms with Crippen molar-refractivity contribution in [1.82, 2.24) is 14.9 Å². The zero-order valence-electron chi connectivity index (χ0n) is 14.6. The third kappa shape index (κ3) is 4.46. The van der Waals surface area contributed by atoms with Crippen LogP contribution in [0.25, 0.3) is 0 Å². The van der Waals surface area contributed by atoms with Crippen LogP contribution in [-0.4, -0.2) is 15.5 Å². The molecule has 1 amide bonds. The van der Waals surface area contributed by atoms with Crippen LogP contribution in [0.3, 0.4) is 0 Å². The summed E-state index contributed by atoms with van der Waals surface area (Å²) in [5.41, 5.74) is 1.88. The Morgan fingerprint density at radius 2 is 2.04 bits per heavy atom. The molecule has 6 heteroatoms. The Labute approximate surface area is 156 Å². The number of aromatic nitrogens is 2. The molecule has 3 rings (SSSR count). The summed E-state index contributed by atoms with van der Waals surface area (Å²) >= 11 is 1.60. The van der Waals surface area contributed by atoms with Crippen molar-refractivity contribution in [3.8, 4) is 0 Å². The highest BCUT2D eigenvalue weighted by atomic mass is 32.1. The minimum absolute atomic E-state index is 0.0531. The van der Waals surface area contributed by atoms with Gasteiger partial charge in [0.15, 0.2) is 0 Å². The van der Waals surface area contributed by atoms with Gasteiger partial charge in [0.1, 0.15) is 6.54 Å². The molecule has 1 N–H and O–H groups in total. The summed E-state index contributed by atoms with van der Waals surface area (Å²) in [4.78, 5) is 29.0. The monoisotopic (exact) mass is 367 g/mol. The molecule has 1 aromatic carbocycles. The van der Waals surface area contributed by atoms with Crippen molar-refractivity contribution in [3.05, 3.63) is 86.7 Å². The number of thiophene rings is 1. The molecule has 0 aliphatic heterocycles. The Balaban J connectivity index is 1.80. The first-order valence-electron chi connectivity index (χ1n) is 8.60. The second-order valence-corrected chi connectivity index (χ2v) is 7.02. The predicted octanol–water partition coefficient (Wildman–Crippen LogP) is 3.16. The highest BCUT2D eigenvalue weighted by molar-refractivity contribution is 7.10. The number of nitrogens with zero attached hydrogens (tertiary/aromatic N) is 2. The highest BCUT2D eigenvalue weighted by Crippen LogP contribution is 2.26. The Kier molecular flexibility index (Phi) is 5.96. The lowest BCUT2D eigenvalue weighted by atomic mass is 10.0. The SMILES string of the molecule is CCCc1ccc([C@H](NC(=O)Cn2cccnc2=O)c2cccs2)cc1. The van der Waals surface area contributed by atoms with Crippen LogP contribution >= 0.6 is 11.3 Å². The van der Waals surface area contributed by atoms with E-state index in [9.17, 15) is 9.59 Å². The lowest BCUT2D eigenvalue weighted by Crippen LogP contribution is -2.35. The fourth-order valence-corrected chi connectivity index (χ4v) is 3.61. The van der Waals surface area contributed by atoms with Crippen LogP contribution in [0.1, 0.15) is 35.4 Å². The largest absolute Gasteiger partial charge is 0.347 e. The molecule has 2 aromatic heterocycles. The Bertz CT molecular complexity index is 901. The minimum Gasteiger partial charge on any atom is -0.343 e. The second-order valence-electron chi connectivity index (χ2n) is 6.04. The van der Waals surface area contributed by atoms with E-state index in [1.54, 1.807) is 23.6 Å². The number of aryl methyl sites for hydroxylation is 1. The number of benzene rings is 1. The average molecular weight is 367 g/mol. The normalized spacial score (nSPS) is 11.9. The van der Waals surface area contributed by atoms with Crippen LogP contribution in [0.15, 0.2) is 65.0 Å². The molecule has 0 unspecified atom stereocenters. The number of carbonyl (C=O) groups excluding carboxylic acids is 1. The summed E-state index contributed by atoms with van der Waals surface area (Å²) in [6.07, 6.45) is 5.13. The van der Waals surface area contributed by atoms with E-state index in [1.807, 2.05) is 17.5 Å². The molecule has 0 radical (unpaired) electrons. The molecule has 0 bridgehead atoms. The molecule has 0 fully saturated rings. The van der Waals surface area contributed by atoms with Gasteiger partial charge in [0.25, 0.3) is 0 Å². The molecule has 0 aliphatic carbocycles. The maximum Gasteiger partial charge on any atom is 0.347 e. The van der Waals surface area contributed by atoms with Gasteiger partial charge in [-0.05, 0) is 35.1 Å². The standard InChI is InChI=1S/C20H21N3O2S/c1-2-5-15-7-9-16(10-8-15)19(17-6-3-13-26-17)22-18(24)14-23-12-4-11-21-20(23)25/h3-4,6-13,19H,2,5,14H2,1H3,(H,22,24)/t19-/m0/s1. The molecule has 134 valence electrons. The van der Waals surface area contributed by atoms with Gasteiger partial charge < -0.3 is 5.32 Å². The summed E-state index contributed by atoms with van der Waals surface area (Å²) in [5, 5.41) is 5.04. The highest BCUT2D eigenvalue weighted by Gasteiger charge is 2.18. The van der Waals surface area contributed by atoms with Gasteiger partial charge >= 0.3 is 5.69 Å². The van der Waals surface area contributed by atoms with E-state index < -0.39 is 5.69 Å². The first-order valence-corrected chi connectivity index (χ1v) is 9.48. The molecule has 2 heterocycles. The van der Waals surface area contributed by atoms with Crippen molar-refractivity contribution in [2.24, 2.45) is 0 Å². The van der Waals surface area contributed by atoms with E-state index >= 15 is 0 Å². The van der Waals surface area contributed by atoms with Gasteiger partial charge in [-0.25, -0.2) is 9.78 Å². The number of rotatable bonds is 7. The number of hydrogen-bond acceptors (Lipinski definition) is 4. The number of nitrogens with one attached hydrogen (secondary N) is 1. The van der Waals surface area contributed by atoms with E-state index in [2.05, 4.69) is 41.5 Å². The molecule has 0 spiro atoms. The summed E-state index contributed by atoms with van der Waals surface area (Å²) in [6, 6.07) is 13.7.